The molecule has 4 nitrogen and oxygen atoms in total. The van der Waals surface area contributed by atoms with E-state index in [0.29, 0.717) is 13.0 Å². The molecule has 0 saturated carbocycles. The molecule has 1 aliphatic rings. The molecule has 1 fully saturated rings. The van der Waals surface area contributed by atoms with Gasteiger partial charge in [0.2, 0.25) is 11.8 Å². The average molecular weight is 357 g/mol. The first-order valence-electron chi connectivity index (χ1n) is 9.70. The highest BCUT2D eigenvalue weighted by Crippen LogP contribution is 2.22. The molecule has 0 aromatic heterocycles. The fourth-order valence-electron chi connectivity index (χ4n) is 3.10. The van der Waals surface area contributed by atoms with Crippen LogP contribution in [0, 0.1) is 0 Å². The lowest BCUT2D eigenvalue weighted by Gasteiger charge is -2.20. The van der Waals surface area contributed by atoms with Crippen molar-refractivity contribution in [1.29, 1.82) is 0 Å². The van der Waals surface area contributed by atoms with Crippen LogP contribution >= 0.6 is 0 Å². The number of amides is 2. The van der Waals surface area contributed by atoms with Gasteiger partial charge in [-0.3, -0.25) is 9.59 Å². The molecule has 1 aromatic carbocycles. The predicted molar refractivity (Wildman–Crippen MR) is 107 cm³/mol. The van der Waals surface area contributed by atoms with Gasteiger partial charge in [-0.2, -0.15) is 0 Å². The molecule has 0 unspecified atom stereocenters. The molecule has 142 valence electrons. The zero-order chi connectivity index (χ0) is 19.0. The van der Waals surface area contributed by atoms with Gasteiger partial charge in [0.1, 0.15) is 0 Å². The molecule has 2 rings (SSSR count). The van der Waals surface area contributed by atoms with Gasteiger partial charge in [0.15, 0.2) is 0 Å². The zero-order valence-electron chi connectivity index (χ0n) is 16.4. The van der Waals surface area contributed by atoms with Crippen LogP contribution in [0.5, 0.6) is 0 Å². The highest BCUT2D eigenvalue weighted by Gasteiger charge is 2.15. The summed E-state index contributed by atoms with van der Waals surface area (Å²) in [6.07, 6.45) is 8.31. The fraction of sp³-hybridized carbons (Fsp3) is 0.545. The number of hydrogen-bond donors (Lipinski definition) is 1. The molecule has 1 N–H and O–H groups in total. The van der Waals surface area contributed by atoms with E-state index in [1.54, 1.807) is 6.08 Å². The number of hydrogen-bond acceptors (Lipinski definition) is 2. The van der Waals surface area contributed by atoms with Crippen LogP contribution in [0.3, 0.4) is 0 Å². The summed E-state index contributed by atoms with van der Waals surface area (Å²) in [5, 5.41) is 2.80. The van der Waals surface area contributed by atoms with Gasteiger partial charge in [0.05, 0.1) is 0 Å². The van der Waals surface area contributed by atoms with E-state index in [-0.39, 0.29) is 17.2 Å². The topological polar surface area (TPSA) is 49.4 Å². The SMILES string of the molecule is CC(C)(C)c1ccc(/C=C/C(=O)NCCC(=O)N2CCCCCC2)cc1. The molecule has 1 heterocycles. The Kier molecular flexibility index (Phi) is 7.43. The Bertz CT molecular complexity index is 619. The predicted octanol–water partition coefficient (Wildman–Crippen LogP) is 3.91. The minimum atomic E-state index is -0.159. The number of likely N-dealkylation sites (tertiary alicyclic amines) is 1. The van der Waals surface area contributed by atoms with Crippen LogP contribution in [0.15, 0.2) is 30.3 Å². The van der Waals surface area contributed by atoms with E-state index in [2.05, 4.69) is 38.2 Å². The molecule has 0 radical (unpaired) electrons. The third kappa shape index (κ3) is 6.66. The van der Waals surface area contributed by atoms with E-state index in [0.717, 1.165) is 31.5 Å². The van der Waals surface area contributed by atoms with Crippen molar-refractivity contribution in [1.82, 2.24) is 10.2 Å². The molecule has 26 heavy (non-hydrogen) atoms. The minimum absolute atomic E-state index is 0.125. The van der Waals surface area contributed by atoms with Gasteiger partial charge in [0, 0.05) is 32.1 Å². The van der Waals surface area contributed by atoms with Crippen LogP contribution in [-0.2, 0) is 15.0 Å². The Morgan fingerprint density at radius 1 is 1.04 bits per heavy atom. The van der Waals surface area contributed by atoms with Crippen LogP contribution < -0.4 is 5.32 Å². The average Bonchev–Trinajstić information content (AvgIpc) is 2.89. The molecule has 0 spiro atoms. The number of rotatable bonds is 5. The lowest BCUT2D eigenvalue weighted by atomic mass is 9.87. The van der Waals surface area contributed by atoms with Crippen LogP contribution in [-0.4, -0.2) is 36.3 Å². The first-order valence-corrected chi connectivity index (χ1v) is 9.70. The number of carbonyl (C=O) groups is 2. The fourth-order valence-corrected chi connectivity index (χ4v) is 3.10. The van der Waals surface area contributed by atoms with Crippen molar-refractivity contribution in [3.05, 3.63) is 41.5 Å². The van der Waals surface area contributed by atoms with E-state index in [1.807, 2.05) is 17.0 Å². The second-order valence-electron chi connectivity index (χ2n) is 8.04. The molecule has 1 aromatic rings. The van der Waals surface area contributed by atoms with Gasteiger partial charge in [0.25, 0.3) is 0 Å². The standard InChI is InChI=1S/C22H32N2O2/c1-22(2,3)19-11-8-18(9-12-19)10-13-20(25)23-15-14-21(26)24-16-6-4-5-7-17-24/h8-13H,4-7,14-17H2,1-3H3,(H,23,25)/b13-10+. The number of nitrogens with zero attached hydrogens (tertiary/aromatic N) is 1. The number of benzene rings is 1. The van der Waals surface area contributed by atoms with Gasteiger partial charge in [-0.1, -0.05) is 57.9 Å². The van der Waals surface area contributed by atoms with E-state index >= 15 is 0 Å². The van der Waals surface area contributed by atoms with E-state index in [9.17, 15) is 9.59 Å². The summed E-state index contributed by atoms with van der Waals surface area (Å²) < 4.78 is 0. The van der Waals surface area contributed by atoms with Crippen molar-refractivity contribution in [3.63, 3.8) is 0 Å². The first kappa shape index (κ1) is 20.2. The van der Waals surface area contributed by atoms with Crippen molar-refractivity contribution in [2.45, 2.75) is 58.3 Å². The Labute approximate surface area is 157 Å². The van der Waals surface area contributed by atoms with E-state index < -0.39 is 0 Å². The first-order chi connectivity index (χ1) is 12.4. The normalized spacial score (nSPS) is 15.7. The maximum Gasteiger partial charge on any atom is 0.244 e. The molecule has 2 amide bonds. The molecular formula is C22H32N2O2. The van der Waals surface area contributed by atoms with Gasteiger partial charge in [-0.25, -0.2) is 0 Å². The zero-order valence-corrected chi connectivity index (χ0v) is 16.4. The molecule has 0 bridgehead atoms. The van der Waals surface area contributed by atoms with Crippen molar-refractivity contribution >= 4 is 17.9 Å². The lowest BCUT2D eigenvalue weighted by Crippen LogP contribution is -2.34. The molecule has 1 aliphatic heterocycles. The Morgan fingerprint density at radius 3 is 2.23 bits per heavy atom. The summed E-state index contributed by atoms with van der Waals surface area (Å²) in [5.41, 5.74) is 2.39. The highest BCUT2D eigenvalue weighted by molar-refractivity contribution is 5.92. The summed E-state index contributed by atoms with van der Waals surface area (Å²) in [6, 6.07) is 8.23. The molecule has 1 saturated heterocycles. The quantitative estimate of drug-likeness (QED) is 0.813. The summed E-state index contributed by atoms with van der Waals surface area (Å²) in [4.78, 5) is 26.0. The summed E-state index contributed by atoms with van der Waals surface area (Å²) in [7, 11) is 0. The van der Waals surface area contributed by atoms with Gasteiger partial charge in [-0.05, 0) is 35.5 Å². The summed E-state index contributed by atoms with van der Waals surface area (Å²) in [6.45, 7) is 8.64. The number of nitrogens with one attached hydrogen (secondary N) is 1. The van der Waals surface area contributed by atoms with Crippen molar-refractivity contribution in [2.75, 3.05) is 19.6 Å². The monoisotopic (exact) mass is 356 g/mol. The van der Waals surface area contributed by atoms with Crippen LogP contribution in [0.1, 0.15) is 64.0 Å². The summed E-state index contributed by atoms with van der Waals surface area (Å²) >= 11 is 0. The third-order valence-corrected chi connectivity index (χ3v) is 4.80. The number of carbonyl (C=O) groups excluding carboxylic acids is 2. The third-order valence-electron chi connectivity index (χ3n) is 4.80. The van der Waals surface area contributed by atoms with Crippen molar-refractivity contribution < 1.29 is 9.59 Å². The van der Waals surface area contributed by atoms with E-state index in [1.165, 1.54) is 24.5 Å². The van der Waals surface area contributed by atoms with Crippen LogP contribution in [0.2, 0.25) is 0 Å². The van der Waals surface area contributed by atoms with E-state index in [4.69, 9.17) is 0 Å². The Morgan fingerprint density at radius 2 is 1.65 bits per heavy atom. The van der Waals surface area contributed by atoms with Crippen molar-refractivity contribution in [3.8, 4) is 0 Å². The second-order valence-corrected chi connectivity index (χ2v) is 8.04. The highest BCUT2D eigenvalue weighted by atomic mass is 16.2. The maximum absolute atomic E-state index is 12.2. The molecular weight excluding hydrogens is 324 g/mol. The van der Waals surface area contributed by atoms with Gasteiger partial charge in [-0.15, -0.1) is 0 Å². The van der Waals surface area contributed by atoms with Crippen LogP contribution in [0.4, 0.5) is 0 Å². The molecule has 0 aliphatic carbocycles. The lowest BCUT2D eigenvalue weighted by molar-refractivity contribution is -0.131. The largest absolute Gasteiger partial charge is 0.352 e. The minimum Gasteiger partial charge on any atom is -0.352 e. The van der Waals surface area contributed by atoms with Gasteiger partial charge < -0.3 is 10.2 Å². The Balaban J connectivity index is 1.74. The van der Waals surface area contributed by atoms with Crippen molar-refractivity contribution in [2.24, 2.45) is 0 Å². The smallest absolute Gasteiger partial charge is 0.244 e. The molecule has 0 atom stereocenters. The maximum atomic E-state index is 12.2. The van der Waals surface area contributed by atoms with Gasteiger partial charge >= 0.3 is 0 Å². The van der Waals surface area contributed by atoms with Crippen LogP contribution in [0.25, 0.3) is 6.08 Å². The summed E-state index contributed by atoms with van der Waals surface area (Å²) in [5.74, 6) is -0.0116. The molecule has 4 heteroatoms. The Hall–Kier alpha value is -2.10. The second kappa shape index (κ2) is 9.56.